The quantitative estimate of drug-likeness (QED) is 0.176. The molecule has 0 aromatic heterocycles. The van der Waals surface area contributed by atoms with Gasteiger partial charge in [0.25, 0.3) is 11.8 Å². The van der Waals surface area contributed by atoms with Gasteiger partial charge in [0, 0.05) is 23.3 Å². The first-order valence-corrected chi connectivity index (χ1v) is 12.4. The van der Waals surface area contributed by atoms with E-state index in [0.717, 1.165) is 19.3 Å². The van der Waals surface area contributed by atoms with E-state index in [4.69, 9.17) is 4.74 Å². The highest BCUT2D eigenvalue weighted by Crippen LogP contribution is 2.51. The number of Topliss-reactive ketones (excluding diaryl/α,β-unsaturated/α-hetero) is 1. The molecule has 186 valence electrons. The second kappa shape index (κ2) is 10.4. The predicted octanol–water partition coefficient (Wildman–Crippen LogP) is 3.28. The van der Waals surface area contributed by atoms with Crippen LogP contribution in [0.25, 0.3) is 0 Å². The summed E-state index contributed by atoms with van der Waals surface area (Å²) in [5, 5.41) is 13.9. The first-order chi connectivity index (χ1) is 16.1. The van der Waals surface area contributed by atoms with Crippen LogP contribution in [0.2, 0.25) is 0 Å². The normalized spacial score (nSPS) is 33.9. The molecule has 2 N–H and O–H groups in total. The van der Waals surface area contributed by atoms with Crippen LogP contribution in [0.1, 0.15) is 59.3 Å². The van der Waals surface area contributed by atoms with Crippen LogP contribution in [-0.4, -0.2) is 41.4 Å². The van der Waals surface area contributed by atoms with Crippen molar-refractivity contribution < 1.29 is 29.0 Å². The van der Waals surface area contributed by atoms with Gasteiger partial charge in [0.2, 0.25) is 0 Å². The summed E-state index contributed by atoms with van der Waals surface area (Å²) in [6.45, 7) is 9.74. The number of rotatable bonds is 9. The van der Waals surface area contributed by atoms with E-state index in [-0.39, 0.29) is 35.4 Å². The maximum absolute atomic E-state index is 14.0. The van der Waals surface area contributed by atoms with Gasteiger partial charge in [-0.2, -0.15) is 0 Å². The van der Waals surface area contributed by atoms with Gasteiger partial charge in [-0.1, -0.05) is 58.3 Å². The number of ketones is 1. The molecular formula is C27H37NO6. The van der Waals surface area contributed by atoms with Crippen molar-refractivity contribution in [3.63, 3.8) is 0 Å². The molecule has 0 spiro atoms. The minimum Gasteiger partial charge on any atom is -0.469 e. The number of methoxy groups -OCH3 is 1. The van der Waals surface area contributed by atoms with E-state index >= 15 is 0 Å². The fourth-order valence-electron chi connectivity index (χ4n) is 6.29. The molecule has 3 aliphatic rings. The van der Waals surface area contributed by atoms with Crippen molar-refractivity contribution in [2.75, 3.05) is 7.11 Å². The maximum atomic E-state index is 14.0. The van der Waals surface area contributed by atoms with Crippen molar-refractivity contribution in [2.24, 2.45) is 35.5 Å². The Morgan fingerprint density at radius 2 is 2.00 bits per heavy atom. The number of ether oxygens (including phenoxy) is 1. The molecule has 0 aromatic carbocycles. The molecule has 3 rings (SSSR count). The molecule has 1 aliphatic heterocycles. The van der Waals surface area contributed by atoms with Crippen molar-refractivity contribution in [1.29, 1.82) is 0 Å². The smallest absolute Gasteiger partial charge is 0.308 e. The number of unbranched alkanes of at least 4 members (excludes halogenated alkanes) is 2. The number of amides is 2. The Balaban J connectivity index is 2.01. The molecule has 34 heavy (non-hydrogen) atoms. The lowest BCUT2D eigenvalue weighted by molar-refractivity contribution is -0.158. The van der Waals surface area contributed by atoms with Gasteiger partial charge in [-0.05, 0) is 31.1 Å². The van der Waals surface area contributed by atoms with Gasteiger partial charge in [-0.15, -0.1) is 6.58 Å². The molecule has 0 radical (unpaired) electrons. The van der Waals surface area contributed by atoms with Gasteiger partial charge in [-0.3, -0.25) is 24.5 Å². The Labute approximate surface area is 201 Å². The fraction of sp³-hybridized carbons (Fsp3) is 0.630. The molecule has 7 atom stereocenters. The third-order valence-electron chi connectivity index (χ3n) is 7.89. The molecule has 2 amide bonds. The third-order valence-corrected chi connectivity index (χ3v) is 7.89. The average Bonchev–Trinajstić information content (AvgIpc) is 3.09. The minimum absolute atomic E-state index is 0.0943. The van der Waals surface area contributed by atoms with E-state index in [0.29, 0.717) is 12.8 Å². The third kappa shape index (κ3) is 4.67. The number of nitrogens with one attached hydrogen (secondary N) is 1. The molecule has 7 unspecified atom stereocenters. The number of carbonyl (C=O) groups is 4. The monoisotopic (exact) mass is 471 g/mol. The number of hydrogen-bond donors (Lipinski definition) is 2. The van der Waals surface area contributed by atoms with Crippen LogP contribution in [-0.2, 0) is 23.9 Å². The van der Waals surface area contributed by atoms with Crippen molar-refractivity contribution in [3.8, 4) is 0 Å². The highest BCUT2D eigenvalue weighted by molar-refractivity contribution is 6.33. The van der Waals surface area contributed by atoms with E-state index < -0.39 is 46.9 Å². The first kappa shape index (κ1) is 26.1. The summed E-state index contributed by atoms with van der Waals surface area (Å²) >= 11 is 0. The highest BCUT2D eigenvalue weighted by atomic mass is 16.5. The molecule has 7 heteroatoms. The zero-order valence-electron chi connectivity index (χ0n) is 20.6. The average molecular weight is 472 g/mol. The lowest BCUT2D eigenvalue weighted by atomic mass is 9.55. The molecule has 1 fully saturated rings. The Kier molecular flexibility index (Phi) is 7.96. The second-order valence-electron chi connectivity index (χ2n) is 10.2. The Hall–Kier alpha value is -2.54. The first-order valence-electron chi connectivity index (χ1n) is 12.4. The summed E-state index contributed by atoms with van der Waals surface area (Å²) in [6.07, 6.45) is 9.24. The zero-order chi connectivity index (χ0) is 25.2. The van der Waals surface area contributed by atoms with E-state index in [1.807, 2.05) is 13.8 Å². The SMILES string of the molecule is C=CC(CCCCC)C1=C(C(=O)C2C(C)C=CC3(O)CC(C(=O)OC)CC(C)C23)C(=O)NC1=O. The summed E-state index contributed by atoms with van der Waals surface area (Å²) in [7, 11) is 1.33. The number of allylic oxidation sites excluding steroid dienone is 2. The lowest BCUT2D eigenvalue weighted by Crippen LogP contribution is -2.55. The summed E-state index contributed by atoms with van der Waals surface area (Å²) in [4.78, 5) is 51.8. The van der Waals surface area contributed by atoms with Gasteiger partial charge in [0.15, 0.2) is 5.78 Å². The van der Waals surface area contributed by atoms with Gasteiger partial charge in [0.1, 0.15) is 0 Å². The minimum atomic E-state index is -1.37. The Bertz CT molecular complexity index is 933. The molecule has 0 saturated heterocycles. The fourth-order valence-corrected chi connectivity index (χ4v) is 6.29. The van der Waals surface area contributed by atoms with Crippen LogP contribution in [0.15, 0.2) is 36.0 Å². The van der Waals surface area contributed by atoms with Crippen LogP contribution in [0.4, 0.5) is 0 Å². The summed E-state index contributed by atoms with van der Waals surface area (Å²) in [5.41, 5.74) is -1.27. The van der Waals surface area contributed by atoms with Gasteiger partial charge in [0.05, 0.1) is 24.2 Å². The van der Waals surface area contributed by atoms with Gasteiger partial charge in [-0.25, -0.2) is 0 Å². The second-order valence-corrected chi connectivity index (χ2v) is 10.2. The van der Waals surface area contributed by atoms with Crippen LogP contribution in [0.5, 0.6) is 0 Å². The number of aliphatic hydroxyl groups is 1. The number of carbonyl (C=O) groups excluding carboxylic acids is 4. The van der Waals surface area contributed by atoms with E-state index in [1.165, 1.54) is 7.11 Å². The van der Waals surface area contributed by atoms with Crippen LogP contribution < -0.4 is 5.32 Å². The largest absolute Gasteiger partial charge is 0.469 e. The number of hydrogen-bond acceptors (Lipinski definition) is 6. The summed E-state index contributed by atoms with van der Waals surface area (Å²) in [6, 6.07) is 0. The number of esters is 1. The van der Waals surface area contributed by atoms with Crippen LogP contribution >= 0.6 is 0 Å². The molecule has 1 heterocycles. The van der Waals surface area contributed by atoms with E-state index in [2.05, 4.69) is 18.8 Å². The number of imide groups is 1. The van der Waals surface area contributed by atoms with E-state index in [9.17, 15) is 24.3 Å². The predicted molar refractivity (Wildman–Crippen MR) is 127 cm³/mol. The van der Waals surface area contributed by atoms with E-state index in [1.54, 1.807) is 18.2 Å². The van der Waals surface area contributed by atoms with Gasteiger partial charge < -0.3 is 9.84 Å². The molecular weight excluding hydrogens is 434 g/mol. The maximum Gasteiger partial charge on any atom is 0.308 e. The van der Waals surface area contributed by atoms with Crippen molar-refractivity contribution in [2.45, 2.75) is 64.9 Å². The molecule has 0 aromatic rings. The highest BCUT2D eigenvalue weighted by Gasteiger charge is 2.56. The molecule has 1 saturated carbocycles. The Morgan fingerprint density at radius 1 is 1.29 bits per heavy atom. The van der Waals surface area contributed by atoms with Crippen molar-refractivity contribution >= 4 is 23.6 Å². The Morgan fingerprint density at radius 3 is 2.62 bits per heavy atom. The van der Waals surface area contributed by atoms with Crippen LogP contribution in [0, 0.1) is 35.5 Å². The number of fused-ring (bicyclic) bond motifs is 1. The van der Waals surface area contributed by atoms with Crippen molar-refractivity contribution in [1.82, 2.24) is 5.32 Å². The standard InChI is InChI=1S/C27H37NO6/c1-6-8-9-10-17(7-2)20-21(25(31)28-24(20)30)23(29)19-15(3)11-12-27(33)14-18(26(32)34-5)13-16(4)22(19)27/h7,11-12,15-19,22,33H,2,6,8-10,13-14H2,1,3-5H3,(H,28,30,31). The molecule has 2 aliphatic carbocycles. The van der Waals surface area contributed by atoms with Crippen molar-refractivity contribution in [3.05, 3.63) is 36.0 Å². The molecule has 0 bridgehead atoms. The molecule has 7 nitrogen and oxygen atoms in total. The topological polar surface area (TPSA) is 110 Å². The summed E-state index contributed by atoms with van der Waals surface area (Å²) in [5.74, 6) is -4.44. The zero-order valence-corrected chi connectivity index (χ0v) is 20.6. The van der Waals surface area contributed by atoms with Crippen LogP contribution in [0.3, 0.4) is 0 Å². The lowest BCUT2D eigenvalue weighted by Gasteiger charge is -2.51. The summed E-state index contributed by atoms with van der Waals surface area (Å²) < 4.78 is 4.91. The van der Waals surface area contributed by atoms with Gasteiger partial charge >= 0.3 is 5.97 Å².